The number of fused-ring (bicyclic) bond motifs is 1. The minimum Gasteiger partial charge on any atom is -0.484 e. The predicted molar refractivity (Wildman–Crippen MR) is 108 cm³/mol. The summed E-state index contributed by atoms with van der Waals surface area (Å²) < 4.78 is 11.8. The Kier molecular flexibility index (Phi) is 5.71. The van der Waals surface area contributed by atoms with Crippen LogP contribution in [-0.2, 0) is 24.2 Å². The lowest BCUT2D eigenvalue weighted by Crippen LogP contribution is -2.28. The standard InChI is InChI=1S/C21H20BrN3O3/c22-17-7-3-6-16(10-17)21-24-20(28-25-21)12-23-19(26)13-27-18-9-8-14-4-1-2-5-15(14)11-18/h3,6-11H,1-2,4-5,12-13H2,(H,23,26). The molecule has 0 aliphatic heterocycles. The molecule has 1 heterocycles. The lowest BCUT2D eigenvalue weighted by molar-refractivity contribution is -0.123. The zero-order chi connectivity index (χ0) is 19.3. The van der Waals surface area contributed by atoms with Gasteiger partial charge < -0.3 is 14.6 Å². The molecule has 1 N–H and O–H groups in total. The first kappa shape index (κ1) is 18.7. The fraction of sp³-hybridized carbons (Fsp3) is 0.286. The van der Waals surface area contributed by atoms with Crippen LogP contribution in [0.25, 0.3) is 11.4 Å². The maximum atomic E-state index is 12.1. The summed E-state index contributed by atoms with van der Waals surface area (Å²) in [5, 5.41) is 6.69. The Bertz CT molecular complexity index is 987. The summed E-state index contributed by atoms with van der Waals surface area (Å²) in [6.45, 7) is 0.110. The highest BCUT2D eigenvalue weighted by molar-refractivity contribution is 9.10. The number of ether oxygens (including phenoxy) is 1. The maximum Gasteiger partial charge on any atom is 0.258 e. The van der Waals surface area contributed by atoms with Gasteiger partial charge in [0.1, 0.15) is 5.75 Å². The molecule has 28 heavy (non-hydrogen) atoms. The molecule has 2 aromatic carbocycles. The molecule has 7 heteroatoms. The van der Waals surface area contributed by atoms with E-state index in [4.69, 9.17) is 9.26 Å². The van der Waals surface area contributed by atoms with Crippen molar-refractivity contribution < 1.29 is 14.1 Å². The molecule has 0 atom stereocenters. The molecule has 0 saturated heterocycles. The topological polar surface area (TPSA) is 77.2 Å². The second-order valence-electron chi connectivity index (χ2n) is 6.73. The van der Waals surface area contributed by atoms with Gasteiger partial charge in [-0.25, -0.2) is 0 Å². The average molecular weight is 442 g/mol. The molecule has 6 nitrogen and oxygen atoms in total. The van der Waals surface area contributed by atoms with Crippen LogP contribution in [0.3, 0.4) is 0 Å². The largest absolute Gasteiger partial charge is 0.484 e. The Labute approximate surface area is 171 Å². The highest BCUT2D eigenvalue weighted by Crippen LogP contribution is 2.25. The Morgan fingerprint density at radius 3 is 2.86 bits per heavy atom. The summed E-state index contributed by atoms with van der Waals surface area (Å²) in [7, 11) is 0. The number of amides is 1. The van der Waals surface area contributed by atoms with Crippen LogP contribution in [0.15, 0.2) is 51.5 Å². The molecule has 4 rings (SSSR count). The van der Waals surface area contributed by atoms with Gasteiger partial charge in [-0.1, -0.05) is 39.3 Å². The van der Waals surface area contributed by atoms with Crippen LogP contribution in [0.2, 0.25) is 0 Å². The normalized spacial score (nSPS) is 13.0. The summed E-state index contributed by atoms with van der Waals surface area (Å²) in [6.07, 6.45) is 4.66. The number of rotatable bonds is 6. The molecule has 1 aromatic heterocycles. The van der Waals surface area contributed by atoms with Gasteiger partial charge >= 0.3 is 0 Å². The lowest BCUT2D eigenvalue weighted by atomic mass is 9.92. The summed E-state index contributed by atoms with van der Waals surface area (Å²) in [6, 6.07) is 13.7. The van der Waals surface area contributed by atoms with Crippen LogP contribution in [0, 0.1) is 0 Å². The van der Waals surface area contributed by atoms with E-state index in [-0.39, 0.29) is 19.1 Å². The van der Waals surface area contributed by atoms with Crippen molar-refractivity contribution in [2.45, 2.75) is 32.2 Å². The Morgan fingerprint density at radius 2 is 2.00 bits per heavy atom. The molecule has 0 bridgehead atoms. The number of aromatic nitrogens is 2. The number of aryl methyl sites for hydroxylation is 2. The third-order valence-electron chi connectivity index (χ3n) is 4.68. The maximum absolute atomic E-state index is 12.1. The number of carbonyl (C=O) groups excluding carboxylic acids is 1. The first-order valence-electron chi connectivity index (χ1n) is 9.27. The molecular weight excluding hydrogens is 422 g/mol. The van der Waals surface area contributed by atoms with E-state index in [9.17, 15) is 4.79 Å². The molecule has 0 unspecified atom stereocenters. The molecule has 1 aliphatic rings. The van der Waals surface area contributed by atoms with Crippen LogP contribution < -0.4 is 10.1 Å². The van der Waals surface area contributed by atoms with Gasteiger partial charge in [0.2, 0.25) is 11.7 Å². The fourth-order valence-corrected chi connectivity index (χ4v) is 3.64. The number of nitrogens with one attached hydrogen (secondary N) is 1. The van der Waals surface area contributed by atoms with E-state index in [1.165, 1.54) is 24.0 Å². The number of hydrogen-bond acceptors (Lipinski definition) is 5. The summed E-state index contributed by atoms with van der Waals surface area (Å²) in [5.41, 5.74) is 3.56. The molecule has 0 spiro atoms. The highest BCUT2D eigenvalue weighted by atomic mass is 79.9. The lowest BCUT2D eigenvalue weighted by Gasteiger charge is -2.16. The smallest absolute Gasteiger partial charge is 0.258 e. The summed E-state index contributed by atoms with van der Waals surface area (Å²) >= 11 is 3.42. The minimum absolute atomic E-state index is 0.0502. The van der Waals surface area contributed by atoms with E-state index in [1.54, 1.807) is 0 Å². The number of hydrogen-bond donors (Lipinski definition) is 1. The van der Waals surface area contributed by atoms with Crippen LogP contribution >= 0.6 is 15.9 Å². The van der Waals surface area contributed by atoms with Crippen molar-refractivity contribution >= 4 is 21.8 Å². The zero-order valence-corrected chi connectivity index (χ0v) is 16.9. The van der Waals surface area contributed by atoms with Gasteiger partial charge in [-0.3, -0.25) is 4.79 Å². The van der Waals surface area contributed by atoms with Gasteiger partial charge in [0.05, 0.1) is 6.54 Å². The second kappa shape index (κ2) is 8.56. The van der Waals surface area contributed by atoms with E-state index < -0.39 is 0 Å². The van der Waals surface area contributed by atoms with Crippen molar-refractivity contribution in [1.29, 1.82) is 0 Å². The monoisotopic (exact) mass is 441 g/mol. The Balaban J connectivity index is 1.28. The first-order chi connectivity index (χ1) is 13.7. The zero-order valence-electron chi connectivity index (χ0n) is 15.3. The van der Waals surface area contributed by atoms with Crippen LogP contribution in [0.5, 0.6) is 5.75 Å². The van der Waals surface area contributed by atoms with E-state index in [1.807, 2.05) is 36.4 Å². The number of carbonyl (C=O) groups is 1. The van der Waals surface area contributed by atoms with Gasteiger partial charge in [-0.05, 0) is 61.1 Å². The van der Waals surface area contributed by atoms with Gasteiger partial charge in [0, 0.05) is 10.0 Å². The SMILES string of the molecule is O=C(COc1ccc2c(c1)CCCC2)NCc1nc(-c2cccc(Br)c2)no1. The quantitative estimate of drug-likeness (QED) is 0.623. The van der Waals surface area contributed by atoms with Crippen LogP contribution in [-0.4, -0.2) is 22.7 Å². The van der Waals surface area contributed by atoms with Crippen LogP contribution in [0.4, 0.5) is 0 Å². The molecule has 0 radical (unpaired) electrons. The highest BCUT2D eigenvalue weighted by Gasteiger charge is 2.12. The first-order valence-corrected chi connectivity index (χ1v) is 10.1. The molecular formula is C21H20BrN3O3. The Morgan fingerprint density at radius 1 is 1.14 bits per heavy atom. The van der Waals surface area contributed by atoms with E-state index in [0.29, 0.717) is 11.7 Å². The van der Waals surface area contributed by atoms with Crippen molar-refractivity contribution in [3.05, 3.63) is 64.0 Å². The Hall–Kier alpha value is -2.67. The predicted octanol–water partition coefficient (Wildman–Crippen LogP) is 4.07. The molecule has 1 amide bonds. The van der Waals surface area contributed by atoms with E-state index in [0.717, 1.165) is 28.6 Å². The third-order valence-corrected chi connectivity index (χ3v) is 5.17. The number of nitrogens with zero attached hydrogens (tertiary/aromatic N) is 2. The summed E-state index contributed by atoms with van der Waals surface area (Å²) in [4.78, 5) is 16.4. The summed E-state index contributed by atoms with van der Waals surface area (Å²) in [5.74, 6) is 1.32. The molecule has 0 fully saturated rings. The average Bonchev–Trinajstić information content (AvgIpc) is 3.20. The van der Waals surface area contributed by atoms with Crippen molar-refractivity contribution in [2.24, 2.45) is 0 Å². The van der Waals surface area contributed by atoms with Crippen molar-refractivity contribution in [3.63, 3.8) is 0 Å². The van der Waals surface area contributed by atoms with E-state index in [2.05, 4.69) is 37.5 Å². The number of halogens is 1. The van der Waals surface area contributed by atoms with Gasteiger partial charge in [-0.2, -0.15) is 4.98 Å². The van der Waals surface area contributed by atoms with Crippen LogP contribution in [0.1, 0.15) is 29.9 Å². The number of benzene rings is 2. The third kappa shape index (κ3) is 4.59. The molecule has 0 saturated carbocycles. The van der Waals surface area contributed by atoms with E-state index >= 15 is 0 Å². The fourth-order valence-electron chi connectivity index (χ4n) is 3.25. The van der Waals surface area contributed by atoms with Gasteiger partial charge in [0.15, 0.2) is 6.61 Å². The van der Waals surface area contributed by atoms with Gasteiger partial charge in [-0.15, -0.1) is 0 Å². The van der Waals surface area contributed by atoms with Crippen molar-refractivity contribution in [3.8, 4) is 17.1 Å². The van der Waals surface area contributed by atoms with Crippen molar-refractivity contribution in [1.82, 2.24) is 15.5 Å². The minimum atomic E-state index is -0.236. The molecule has 1 aliphatic carbocycles. The second-order valence-corrected chi connectivity index (χ2v) is 7.64. The molecule has 144 valence electrons. The van der Waals surface area contributed by atoms with Gasteiger partial charge in [0.25, 0.3) is 5.91 Å². The van der Waals surface area contributed by atoms with Crippen molar-refractivity contribution in [2.75, 3.05) is 6.61 Å². The molecule has 3 aromatic rings.